The van der Waals surface area contributed by atoms with Gasteiger partial charge in [-0.25, -0.2) is 13.1 Å². The van der Waals surface area contributed by atoms with E-state index in [1.165, 1.54) is 6.26 Å². The molecule has 0 aliphatic carbocycles. The van der Waals surface area contributed by atoms with Crippen molar-refractivity contribution in [2.24, 2.45) is 5.92 Å². The monoisotopic (exact) mass is 275 g/mol. The van der Waals surface area contributed by atoms with Gasteiger partial charge in [0, 0.05) is 25.6 Å². The van der Waals surface area contributed by atoms with E-state index >= 15 is 0 Å². The van der Waals surface area contributed by atoms with E-state index in [1.54, 1.807) is 0 Å². The lowest BCUT2D eigenvalue weighted by Gasteiger charge is -2.34. The Balaban J connectivity index is 1.73. The molecule has 6 nitrogen and oxygen atoms in total. The van der Waals surface area contributed by atoms with E-state index in [0.29, 0.717) is 38.3 Å². The number of nitrogens with one attached hydrogen (secondary N) is 2. The lowest BCUT2D eigenvalue weighted by atomic mass is 9.97. The summed E-state index contributed by atoms with van der Waals surface area (Å²) in [5.74, 6) is 0.698. The highest BCUT2D eigenvalue weighted by atomic mass is 32.2. The summed E-state index contributed by atoms with van der Waals surface area (Å²) in [4.78, 5) is 13.8. The molecular formula is C11H21N3O3S. The number of likely N-dealkylation sites (tertiary alicyclic amines) is 1. The van der Waals surface area contributed by atoms with E-state index in [1.807, 2.05) is 4.90 Å². The molecule has 0 aromatic rings. The van der Waals surface area contributed by atoms with Crippen LogP contribution in [0.1, 0.15) is 19.3 Å². The van der Waals surface area contributed by atoms with Crippen LogP contribution in [0.2, 0.25) is 0 Å². The highest BCUT2D eigenvalue weighted by Gasteiger charge is 2.27. The van der Waals surface area contributed by atoms with E-state index in [2.05, 4.69) is 10.0 Å². The minimum absolute atomic E-state index is 0.0191. The van der Waals surface area contributed by atoms with Gasteiger partial charge in [-0.1, -0.05) is 0 Å². The molecule has 0 saturated carbocycles. The maximum atomic E-state index is 12.0. The van der Waals surface area contributed by atoms with Gasteiger partial charge in [-0.05, 0) is 31.8 Å². The molecule has 0 atom stereocenters. The third kappa shape index (κ3) is 3.93. The topological polar surface area (TPSA) is 78.5 Å². The molecule has 104 valence electrons. The predicted octanol–water partition coefficient (Wildman–Crippen LogP) is -0.864. The van der Waals surface area contributed by atoms with Crippen molar-refractivity contribution in [1.29, 1.82) is 0 Å². The summed E-state index contributed by atoms with van der Waals surface area (Å²) in [5.41, 5.74) is 0. The van der Waals surface area contributed by atoms with Crippen molar-refractivity contribution in [3.05, 3.63) is 0 Å². The normalized spacial score (nSPS) is 22.8. The average Bonchev–Trinajstić information content (AvgIpc) is 2.22. The number of piperidine rings is 1. The first-order valence-electron chi connectivity index (χ1n) is 6.40. The number of amides is 1. The van der Waals surface area contributed by atoms with Gasteiger partial charge in [0.25, 0.3) is 0 Å². The first-order valence-corrected chi connectivity index (χ1v) is 8.29. The second kappa shape index (κ2) is 5.54. The summed E-state index contributed by atoms with van der Waals surface area (Å²) in [6.45, 7) is 3.20. The molecule has 2 rings (SSSR count). The van der Waals surface area contributed by atoms with Crippen molar-refractivity contribution in [3.63, 3.8) is 0 Å². The Labute approximate surface area is 108 Å². The van der Waals surface area contributed by atoms with Crippen molar-refractivity contribution >= 4 is 15.9 Å². The Morgan fingerprint density at radius 1 is 1.33 bits per heavy atom. The fraction of sp³-hybridized carbons (Fsp3) is 0.909. The third-order valence-electron chi connectivity index (χ3n) is 3.56. The summed E-state index contributed by atoms with van der Waals surface area (Å²) in [6.07, 6.45) is 3.22. The van der Waals surface area contributed by atoms with Crippen LogP contribution in [0.5, 0.6) is 0 Å². The van der Waals surface area contributed by atoms with Crippen molar-refractivity contribution in [1.82, 2.24) is 14.9 Å². The van der Waals surface area contributed by atoms with Crippen LogP contribution in [-0.2, 0) is 14.8 Å². The molecule has 2 N–H and O–H groups in total. The fourth-order valence-corrected chi connectivity index (χ4v) is 3.26. The molecule has 0 bridgehead atoms. The Morgan fingerprint density at radius 3 is 2.39 bits per heavy atom. The fourth-order valence-electron chi connectivity index (χ4n) is 2.42. The molecule has 2 aliphatic heterocycles. The zero-order valence-corrected chi connectivity index (χ0v) is 11.5. The molecule has 0 aromatic heterocycles. The van der Waals surface area contributed by atoms with E-state index in [4.69, 9.17) is 0 Å². The number of carbonyl (C=O) groups excluding carboxylic acids is 1. The van der Waals surface area contributed by atoms with Crippen molar-refractivity contribution in [3.8, 4) is 0 Å². The molecule has 18 heavy (non-hydrogen) atoms. The van der Waals surface area contributed by atoms with Crippen LogP contribution in [0.25, 0.3) is 0 Å². The molecule has 1 amide bonds. The lowest BCUT2D eigenvalue weighted by molar-refractivity contribution is -0.133. The molecule has 0 radical (unpaired) electrons. The summed E-state index contributed by atoms with van der Waals surface area (Å²) >= 11 is 0. The molecule has 7 heteroatoms. The van der Waals surface area contributed by atoms with E-state index in [0.717, 1.165) is 13.1 Å². The van der Waals surface area contributed by atoms with E-state index in [-0.39, 0.29) is 11.9 Å². The lowest BCUT2D eigenvalue weighted by Crippen LogP contribution is -2.49. The van der Waals surface area contributed by atoms with Gasteiger partial charge in [-0.2, -0.15) is 0 Å². The molecule has 2 aliphatic rings. The predicted molar refractivity (Wildman–Crippen MR) is 68.6 cm³/mol. The number of nitrogens with zero attached hydrogens (tertiary/aromatic N) is 1. The Kier molecular flexibility index (Phi) is 4.24. The molecule has 0 aromatic carbocycles. The molecule has 2 saturated heterocycles. The SMILES string of the molecule is CS(=O)(=O)NC1CCN(C(=O)CC2CNC2)CC1. The van der Waals surface area contributed by atoms with Crippen LogP contribution < -0.4 is 10.0 Å². The van der Waals surface area contributed by atoms with Crippen LogP contribution >= 0.6 is 0 Å². The van der Waals surface area contributed by atoms with Crippen molar-refractivity contribution in [2.45, 2.75) is 25.3 Å². The van der Waals surface area contributed by atoms with E-state index < -0.39 is 10.0 Å². The van der Waals surface area contributed by atoms with Crippen LogP contribution in [0.15, 0.2) is 0 Å². The number of hydrogen-bond acceptors (Lipinski definition) is 4. The zero-order chi connectivity index (χ0) is 13.2. The molecule has 2 fully saturated rings. The van der Waals surface area contributed by atoms with Gasteiger partial charge < -0.3 is 10.2 Å². The smallest absolute Gasteiger partial charge is 0.222 e. The van der Waals surface area contributed by atoms with Gasteiger partial charge in [-0.3, -0.25) is 4.79 Å². The number of sulfonamides is 1. The van der Waals surface area contributed by atoms with Crippen LogP contribution in [0, 0.1) is 5.92 Å². The zero-order valence-electron chi connectivity index (χ0n) is 10.7. The first-order chi connectivity index (χ1) is 8.44. The van der Waals surface area contributed by atoms with Gasteiger partial charge in [0.2, 0.25) is 15.9 Å². The van der Waals surface area contributed by atoms with E-state index in [9.17, 15) is 13.2 Å². The third-order valence-corrected chi connectivity index (χ3v) is 4.32. The largest absolute Gasteiger partial charge is 0.343 e. The standard InChI is InChI=1S/C11H21N3O3S/c1-18(16,17)13-10-2-4-14(5-3-10)11(15)6-9-7-12-8-9/h9-10,12-13H,2-8H2,1H3. The second-order valence-corrected chi connectivity index (χ2v) is 7.05. The summed E-state index contributed by atoms with van der Waals surface area (Å²) < 4.78 is 24.8. The minimum atomic E-state index is -3.14. The van der Waals surface area contributed by atoms with Crippen molar-refractivity contribution in [2.75, 3.05) is 32.4 Å². The maximum Gasteiger partial charge on any atom is 0.222 e. The first kappa shape index (κ1) is 13.8. The highest BCUT2D eigenvalue weighted by Crippen LogP contribution is 2.15. The van der Waals surface area contributed by atoms with Gasteiger partial charge >= 0.3 is 0 Å². The Morgan fingerprint density at radius 2 is 1.94 bits per heavy atom. The van der Waals surface area contributed by atoms with Gasteiger partial charge in [0.05, 0.1) is 6.26 Å². The molecule has 0 spiro atoms. The Hall–Kier alpha value is -0.660. The average molecular weight is 275 g/mol. The molecule has 2 heterocycles. The van der Waals surface area contributed by atoms with Gasteiger partial charge in [0.15, 0.2) is 0 Å². The molecule has 0 unspecified atom stereocenters. The van der Waals surface area contributed by atoms with Gasteiger partial charge in [-0.15, -0.1) is 0 Å². The van der Waals surface area contributed by atoms with Crippen molar-refractivity contribution < 1.29 is 13.2 Å². The van der Waals surface area contributed by atoms with Crippen LogP contribution in [0.3, 0.4) is 0 Å². The van der Waals surface area contributed by atoms with Crippen LogP contribution in [0.4, 0.5) is 0 Å². The maximum absolute atomic E-state index is 12.0. The number of rotatable bonds is 4. The summed E-state index contributed by atoms with van der Waals surface area (Å²) in [5, 5.41) is 3.15. The number of hydrogen-bond donors (Lipinski definition) is 2. The summed E-state index contributed by atoms with van der Waals surface area (Å²) in [6, 6.07) is -0.0191. The van der Waals surface area contributed by atoms with Gasteiger partial charge in [0.1, 0.15) is 0 Å². The summed E-state index contributed by atoms with van der Waals surface area (Å²) in [7, 11) is -3.14. The number of carbonyl (C=O) groups is 1. The molecular weight excluding hydrogens is 254 g/mol. The Bertz CT molecular complexity index is 398. The minimum Gasteiger partial charge on any atom is -0.343 e. The second-order valence-electron chi connectivity index (χ2n) is 5.27. The highest BCUT2D eigenvalue weighted by molar-refractivity contribution is 7.88. The quantitative estimate of drug-likeness (QED) is 0.699. The van der Waals surface area contributed by atoms with Crippen LogP contribution in [-0.4, -0.2) is 57.7 Å².